The number of hydrogen-bond donors (Lipinski definition) is 1. The van der Waals surface area contributed by atoms with Gasteiger partial charge in [0.2, 0.25) is 10.0 Å². The Balaban J connectivity index is 0.00000243. The third-order valence-electron chi connectivity index (χ3n) is 3.99. The fraction of sp³-hybridized carbons (Fsp3) is 0.235. The van der Waals surface area contributed by atoms with Gasteiger partial charge < -0.3 is 19.5 Å². The molecule has 1 saturated heterocycles. The third kappa shape index (κ3) is 4.57. The molecule has 0 bridgehead atoms. The van der Waals surface area contributed by atoms with Crippen molar-refractivity contribution < 1.29 is 52.6 Å². The van der Waals surface area contributed by atoms with E-state index in [-0.39, 0.29) is 45.8 Å². The number of carboxylic acids is 1. The molecule has 0 spiro atoms. The van der Waals surface area contributed by atoms with E-state index in [9.17, 15) is 18.3 Å². The van der Waals surface area contributed by atoms with E-state index in [1.807, 2.05) is 4.90 Å². The monoisotopic (exact) mass is 384 g/mol. The summed E-state index contributed by atoms with van der Waals surface area (Å²) in [5.74, 6) is -1.02. The number of benzene rings is 2. The number of para-hydroxylation sites is 1. The number of sulfonamides is 1. The van der Waals surface area contributed by atoms with Crippen molar-refractivity contribution in [3.8, 4) is 11.5 Å². The van der Waals surface area contributed by atoms with Crippen molar-refractivity contribution in [1.29, 1.82) is 0 Å². The van der Waals surface area contributed by atoms with Gasteiger partial charge >= 0.3 is 29.6 Å². The molecular weight excluding hydrogens is 367 g/mol. The molecule has 2 N–H and O–H groups in total. The molecule has 1 aliphatic rings. The summed E-state index contributed by atoms with van der Waals surface area (Å²) in [6.45, 7) is 1.34. The van der Waals surface area contributed by atoms with Crippen molar-refractivity contribution in [3.05, 3.63) is 48.0 Å². The van der Waals surface area contributed by atoms with Gasteiger partial charge in [-0.05, 0) is 37.1 Å². The van der Waals surface area contributed by atoms with Crippen molar-refractivity contribution in [1.82, 2.24) is 0 Å². The zero-order valence-electron chi connectivity index (χ0n) is 14.3. The molecule has 2 aromatic carbocycles. The van der Waals surface area contributed by atoms with E-state index in [1.165, 1.54) is 6.07 Å². The second kappa shape index (κ2) is 8.41. The van der Waals surface area contributed by atoms with Crippen molar-refractivity contribution in [2.45, 2.75) is 17.7 Å². The van der Waals surface area contributed by atoms with Crippen molar-refractivity contribution >= 4 is 21.7 Å². The number of hydrogen-bond acceptors (Lipinski definition) is 6. The maximum absolute atomic E-state index is 12.1. The standard InChI is InChI=1S/C17H18N2O5S.Na/c18-25(22,23)15-11-12(17(20)21)10-14(19-8-4-5-9-19)16(15)24-13-6-2-1-3-7-13;/h1-3,6-7,10-11H,4-5,8-9H2,(H,20,21)(H2,18,22,23);/q;+1/p-1. The van der Waals surface area contributed by atoms with Crippen molar-refractivity contribution in [2.75, 3.05) is 18.0 Å². The Labute approximate surface area is 174 Å². The van der Waals surface area contributed by atoms with Crippen LogP contribution < -0.4 is 49.4 Å². The van der Waals surface area contributed by atoms with Crippen LogP contribution in [0.4, 0.5) is 5.69 Å². The molecule has 26 heavy (non-hydrogen) atoms. The van der Waals surface area contributed by atoms with Crippen LogP contribution in [-0.4, -0.2) is 27.5 Å². The molecule has 3 rings (SSSR count). The van der Waals surface area contributed by atoms with E-state index in [0.29, 0.717) is 24.5 Å². The molecule has 0 radical (unpaired) electrons. The molecule has 0 amide bonds. The SMILES string of the molecule is NS(=O)(=O)c1cc(C(=O)[O-])cc(N2CCCC2)c1Oc1ccccc1.[Na+]. The zero-order valence-corrected chi connectivity index (χ0v) is 17.2. The first-order chi connectivity index (χ1) is 11.9. The van der Waals surface area contributed by atoms with E-state index >= 15 is 0 Å². The Bertz CT molecular complexity index is 897. The number of carbonyl (C=O) groups excluding carboxylic acids is 1. The molecule has 1 aliphatic heterocycles. The smallest absolute Gasteiger partial charge is 0.545 e. The third-order valence-corrected chi connectivity index (χ3v) is 4.90. The minimum Gasteiger partial charge on any atom is -0.545 e. The molecule has 132 valence electrons. The van der Waals surface area contributed by atoms with E-state index < -0.39 is 16.0 Å². The minimum absolute atomic E-state index is 0. The largest absolute Gasteiger partial charge is 1.00 e. The average molecular weight is 384 g/mol. The predicted octanol–water partition coefficient (Wildman–Crippen LogP) is -1.91. The van der Waals surface area contributed by atoms with Crippen LogP contribution in [0.15, 0.2) is 47.4 Å². The van der Waals surface area contributed by atoms with Gasteiger partial charge in [-0.1, -0.05) is 18.2 Å². The minimum atomic E-state index is -4.20. The quantitative estimate of drug-likeness (QED) is 0.602. The molecule has 0 saturated carbocycles. The summed E-state index contributed by atoms with van der Waals surface area (Å²) in [6, 6.07) is 11.0. The number of nitrogens with zero attached hydrogens (tertiary/aromatic N) is 1. The van der Waals surface area contributed by atoms with Gasteiger partial charge in [0.25, 0.3) is 0 Å². The summed E-state index contributed by atoms with van der Waals surface area (Å²) < 4.78 is 29.9. The Kier molecular flexibility index (Phi) is 6.70. The van der Waals surface area contributed by atoms with Gasteiger partial charge in [0.15, 0.2) is 5.75 Å². The molecule has 0 unspecified atom stereocenters. The van der Waals surface area contributed by atoms with Crippen LogP contribution >= 0.6 is 0 Å². The first-order valence-corrected chi connectivity index (χ1v) is 9.31. The number of ether oxygens (including phenoxy) is 1. The van der Waals surface area contributed by atoms with Crippen LogP contribution in [0.25, 0.3) is 0 Å². The maximum atomic E-state index is 12.1. The molecule has 2 aromatic rings. The van der Waals surface area contributed by atoms with Crippen LogP contribution in [0.3, 0.4) is 0 Å². The van der Waals surface area contributed by atoms with Gasteiger partial charge in [0, 0.05) is 18.7 Å². The summed E-state index contributed by atoms with van der Waals surface area (Å²) in [7, 11) is -4.20. The van der Waals surface area contributed by atoms with Gasteiger partial charge in [-0.3, -0.25) is 0 Å². The van der Waals surface area contributed by atoms with Crippen LogP contribution in [0.1, 0.15) is 23.2 Å². The summed E-state index contributed by atoms with van der Waals surface area (Å²) >= 11 is 0. The number of anilines is 1. The Hall–Kier alpha value is -1.58. The molecule has 9 heteroatoms. The van der Waals surface area contributed by atoms with Crippen molar-refractivity contribution in [3.63, 3.8) is 0 Å². The number of nitrogens with two attached hydrogens (primary N) is 1. The first-order valence-electron chi connectivity index (χ1n) is 7.76. The summed E-state index contributed by atoms with van der Waals surface area (Å²) in [6.07, 6.45) is 1.84. The summed E-state index contributed by atoms with van der Waals surface area (Å²) in [5, 5.41) is 16.6. The zero-order chi connectivity index (χ0) is 18.0. The second-order valence-electron chi connectivity index (χ2n) is 5.76. The van der Waals surface area contributed by atoms with Crippen molar-refractivity contribution in [2.24, 2.45) is 5.14 Å². The number of rotatable bonds is 5. The number of primary sulfonamides is 1. The Morgan fingerprint density at radius 3 is 2.27 bits per heavy atom. The van der Waals surface area contributed by atoms with E-state index in [0.717, 1.165) is 18.9 Å². The number of aromatic carboxylic acids is 1. The predicted molar refractivity (Wildman–Crippen MR) is 90.1 cm³/mol. The number of carbonyl (C=O) groups is 1. The van der Waals surface area contributed by atoms with E-state index in [1.54, 1.807) is 30.3 Å². The van der Waals surface area contributed by atoms with Crippen LogP contribution in [0.5, 0.6) is 11.5 Å². The molecule has 0 aliphatic carbocycles. The molecule has 0 atom stereocenters. The normalized spacial score (nSPS) is 14.0. The van der Waals surface area contributed by atoms with E-state index in [4.69, 9.17) is 9.88 Å². The first kappa shape index (κ1) is 20.7. The van der Waals surface area contributed by atoms with Gasteiger partial charge in [-0.25, -0.2) is 13.6 Å². The molecule has 0 aromatic heterocycles. The van der Waals surface area contributed by atoms with Crippen LogP contribution in [-0.2, 0) is 10.0 Å². The van der Waals surface area contributed by atoms with Gasteiger partial charge in [-0.2, -0.15) is 0 Å². The summed E-state index contributed by atoms with van der Waals surface area (Å²) in [4.78, 5) is 12.8. The molecule has 1 fully saturated rings. The average Bonchev–Trinajstić information content (AvgIpc) is 3.09. The van der Waals surface area contributed by atoms with Gasteiger partial charge in [-0.15, -0.1) is 0 Å². The molecule has 1 heterocycles. The van der Waals surface area contributed by atoms with Gasteiger partial charge in [0.05, 0.1) is 11.7 Å². The number of carboxylic acid groups (broad SMARTS) is 1. The topological polar surface area (TPSA) is 113 Å². The van der Waals surface area contributed by atoms with E-state index in [2.05, 4.69) is 0 Å². The maximum Gasteiger partial charge on any atom is 1.00 e. The fourth-order valence-corrected chi connectivity index (χ4v) is 3.51. The summed E-state index contributed by atoms with van der Waals surface area (Å²) in [5.41, 5.74) is 0.124. The van der Waals surface area contributed by atoms with Crippen LogP contribution in [0, 0.1) is 0 Å². The Morgan fingerprint density at radius 1 is 1.12 bits per heavy atom. The van der Waals surface area contributed by atoms with Gasteiger partial charge in [0.1, 0.15) is 10.6 Å². The molecule has 7 nitrogen and oxygen atoms in total. The fourth-order valence-electron chi connectivity index (χ4n) is 2.82. The van der Waals surface area contributed by atoms with Crippen LogP contribution in [0.2, 0.25) is 0 Å². The second-order valence-corrected chi connectivity index (χ2v) is 7.29. The Morgan fingerprint density at radius 2 is 1.73 bits per heavy atom. The molecular formula is C17H17N2NaO5S.